The van der Waals surface area contributed by atoms with Crippen molar-refractivity contribution in [3.05, 3.63) is 23.0 Å². The minimum atomic E-state index is 0. The first-order valence-electron chi connectivity index (χ1n) is 5.87. The number of likely N-dealkylation sites (tertiary alicyclic amines) is 1. The van der Waals surface area contributed by atoms with Crippen molar-refractivity contribution in [1.82, 2.24) is 14.8 Å². The van der Waals surface area contributed by atoms with Crippen LogP contribution in [0.2, 0.25) is 5.02 Å². The molecule has 1 unspecified atom stereocenters. The molecule has 0 bridgehead atoms. The molecule has 18 heavy (non-hydrogen) atoms. The van der Waals surface area contributed by atoms with Crippen molar-refractivity contribution in [3.63, 3.8) is 0 Å². The Labute approximate surface area is 119 Å². The van der Waals surface area contributed by atoms with E-state index in [-0.39, 0.29) is 18.3 Å². The van der Waals surface area contributed by atoms with Crippen molar-refractivity contribution in [2.24, 2.45) is 13.0 Å². The fourth-order valence-corrected chi connectivity index (χ4v) is 2.62. The molecule has 2 rings (SSSR count). The topological polar surface area (TPSA) is 37.3 Å². The quantitative estimate of drug-likeness (QED) is 0.922. The summed E-state index contributed by atoms with van der Waals surface area (Å²) in [6, 6.07) is 1.73. The van der Waals surface area contributed by atoms with Crippen LogP contribution in [0.15, 0.2) is 12.3 Å². The van der Waals surface area contributed by atoms with Gasteiger partial charge in [-0.15, -0.1) is 12.4 Å². The van der Waals surface area contributed by atoms with E-state index in [1.165, 1.54) is 0 Å². The van der Waals surface area contributed by atoms with Gasteiger partial charge in [-0.1, -0.05) is 11.6 Å². The highest BCUT2D eigenvalue weighted by Gasteiger charge is 2.27. The van der Waals surface area contributed by atoms with Gasteiger partial charge in [0.2, 0.25) is 0 Å². The second kappa shape index (κ2) is 6.45. The molecule has 1 saturated heterocycles. The normalized spacial score (nSPS) is 18.8. The molecule has 0 aliphatic carbocycles. The van der Waals surface area contributed by atoms with Gasteiger partial charge in [0.05, 0.1) is 5.02 Å². The van der Waals surface area contributed by atoms with Crippen LogP contribution in [0.5, 0.6) is 0 Å². The summed E-state index contributed by atoms with van der Waals surface area (Å²) >= 11 is 5.89. The van der Waals surface area contributed by atoms with E-state index in [4.69, 9.17) is 11.6 Å². The van der Waals surface area contributed by atoms with E-state index in [0.29, 0.717) is 16.6 Å². The van der Waals surface area contributed by atoms with Crippen LogP contribution in [-0.2, 0) is 7.05 Å². The third-order valence-electron chi connectivity index (χ3n) is 3.26. The predicted molar refractivity (Wildman–Crippen MR) is 75.6 cm³/mol. The number of carbonyl (C=O) groups is 1. The van der Waals surface area contributed by atoms with Crippen LogP contribution in [0, 0.1) is 5.92 Å². The zero-order valence-electron chi connectivity index (χ0n) is 10.6. The second-order valence-corrected chi connectivity index (χ2v) is 5.05. The zero-order chi connectivity index (χ0) is 12.4. The van der Waals surface area contributed by atoms with Crippen LogP contribution in [0.3, 0.4) is 0 Å². The SMILES string of the molecule is CNCC1CCN(C(=O)c2cc(Cl)cn2C)C1.Cl. The molecule has 1 aliphatic rings. The first-order chi connectivity index (χ1) is 8.11. The Hall–Kier alpha value is -0.710. The number of aromatic nitrogens is 1. The van der Waals surface area contributed by atoms with Gasteiger partial charge in [0.1, 0.15) is 5.69 Å². The van der Waals surface area contributed by atoms with Crippen molar-refractivity contribution in [2.45, 2.75) is 6.42 Å². The molecule has 4 nitrogen and oxygen atoms in total. The Morgan fingerprint density at radius 1 is 1.61 bits per heavy atom. The van der Waals surface area contributed by atoms with Gasteiger partial charge in [0.25, 0.3) is 5.91 Å². The fourth-order valence-electron chi connectivity index (χ4n) is 2.37. The molecule has 1 fully saturated rings. The number of hydrogen-bond acceptors (Lipinski definition) is 2. The van der Waals surface area contributed by atoms with Crippen molar-refractivity contribution in [3.8, 4) is 0 Å². The van der Waals surface area contributed by atoms with Gasteiger partial charge in [-0.2, -0.15) is 0 Å². The first-order valence-corrected chi connectivity index (χ1v) is 6.25. The molecule has 6 heteroatoms. The van der Waals surface area contributed by atoms with Crippen LogP contribution in [-0.4, -0.2) is 42.1 Å². The molecule has 1 N–H and O–H groups in total. The largest absolute Gasteiger partial charge is 0.345 e. The van der Waals surface area contributed by atoms with E-state index in [1.807, 2.05) is 19.0 Å². The van der Waals surface area contributed by atoms with Gasteiger partial charge in [-0.3, -0.25) is 4.79 Å². The Bertz CT molecular complexity index is 419. The first kappa shape index (κ1) is 15.3. The molecule has 1 aromatic heterocycles. The van der Waals surface area contributed by atoms with Gasteiger partial charge < -0.3 is 14.8 Å². The Morgan fingerprint density at radius 3 is 2.89 bits per heavy atom. The summed E-state index contributed by atoms with van der Waals surface area (Å²) in [5, 5.41) is 3.77. The summed E-state index contributed by atoms with van der Waals surface area (Å²) < 4.78 is 1.79. The maximum Gasteiger partial charge on any atom is 0.270 e. The molecule has 0 radical (unpaired) electrons. The van der Waals surface area contributed by atoms with E-state index in [9.17, 15) is 4.79 Å². The van der Waals surface area contributed by atoms with E-state index in [2.05, 4.69) is 5.32 Å². The van der Waals surface area contributed by atoms with Crippen molar-refractivity contribution >= 4 is 29.9 Å². The van der Waals surface area contributed by atoms with E-state index >= 15 is 0 Å². The highest BCUT2D eigenvalue weighted by atomic mass is 35.5. The number of halogens is 2. The van der Waals surface area contributed by atoms with Crippen LogP contribution in [0.1, 0.15) is 16.9 Å². The maximum atomic E-state index is 12.3. The molecular weight excluding hydrogens is 273 g/mol. The molecule has 0 saturated carbocycles. The second-order valence-electron chi connectivity index (χ2n) is 4.62. The third kappa shape index (κ3) is 3.19. The number of aryl methyl sites for hydroxylation is 1. The molecule has 0 spiro atoms. The van der Waals surface area contributed by atoms with Gasteiger partial charge in [-0.25, -0.2) is 0 Å². The standard InChI is InChI=1S/C12H18ClN3O.ClH/c1-14-6-9-3-4-16(7-9)12(17)11-5-10(13)8-15(11)2;/h5,8-9,14H,3-4,6-7H2,1-2H3;1H. The molecule has 102 valence electrons. The lowest BCUT2D eigenvalue weighted by atomic mass is 10.1. The summed E-state index contributed by atoms with van der Waals surface area (Å²) in [7, 11) is 3.79. The lowest BCUT2D eigenvalue weighted by Gasteiger charge is -2.16. The van der Waals surface area contributed by atoms with Gasteiger partial charge in [0.15, 0.2) is 0 Å². The maximum absolute atomic E-state index is 12.3. The molecule has 1 aromatic rings. The van der Waals surface area contributed by atoms with E-state index in [0.717, 1.165) is 26.1 Å². The van der Waals surface area contributed by atoms with Gasteiger partial charge in [0, 0.05) is 26.3 Å². The molecule has 0 aromatic carbocycles. The molecular formula is C12H19Cl2N3O. The Balaban J connectivity index is 0.00000162. The van der Waals surface area contributed by atoms with Crippen molar-refractivity contribution < 1.29 is 4.79 Å². The summed E-state index contributed by atoms with van der Waals surface area (Å²) in [5.74, 6) is 0.651. The lowest BCUT2D eigenvalue weighted by Crippen LogP contribution is -2.31. The zero-order valence-corrected chi connectivity index (χ0v) is 12.2. The minimum Gasteiger partial charge on any atom is -0.345 e. The van der Waals surface area contributed by atoms with E-state index < -0.39 is 0 Å². The van der Waals surface area contributed by atoms with Crippen LogP contribution >= 0.6 is 24.0 Å². The smallest absolute Gasteiger partial charge is 0.270 e. The van der Waals surface area contributed by atoms with E-state index in [1.54, 1.807) is 16.8 Å². The van der Waals surface area contributed by atoms with Crippen molar-refractivity contribution in [1.29, 1.82) is 0 Å². The Kier molecular flexibility index (Phi) is 5.50. The number of hydrogen-bond donors (Lipinski definition) is 1. The molecule has 1 atom stereocenters. The number of nitrogens with one attached hydrogen (secondary N) is 1. The highest BCUT2D eigenvalue weighted by molar-refractivity contribution is 6.31. The third-order valence-corrected chi connectivity index (χ3v) is 3.46. The Morgan fingerprint density at radius 2 is 2.33 bits per heavy atom. The fraction of sp³-hybridized carbons (Fsp3) is 0.583. The number of amides is 1. The highest BCUT2D eigenvalue weighted by Crippen LogP contribution is 2.20. The van der Waals surface area contributed by atoms with Crippen molar-refractivity contribution in [2.75, 3.05) is 26.7 Å². The molecule has 1 aliphatic heterocycles. The number of carbonyl (C=O) groups excluding carboxylic acids is 1. The van der Waals surface area contributed by atoms with Gasteiger partial charge in [-0.05, 0) is 32.0 Å². The van der Waals surface area contributed by atoms with Crippen LogP contribution < -0.4 is 5.32 Å². The van der Waals surface area contributed by atoms with Crippen LogP contribution in [0.25, 0.3) is 0 Å². The summed E-state index contributed by atoms with van der Waals surface area (Å²) in [6.07, 6.45) is 2.83. The predicted octanol–water partition coefficient (Wildman–Crippen LogP) is 1.78. The summed E-state index contributed by atoms with van der Waals surface area (Å²) in [6.45, 7) is 2.65. The number of rotatable bonds is 3. The molecule has 2 heterocycles. The number of nitrogens with zero attached hydrogens (tertiary/aromatic N) is 2. The lowest BCUT2D eigenvalue weighted by molar-refractivity contribution is 0.0778. The monoisotopic (exact) mass is 291 g/mol. The minimum absolute atomic E-state index is 0. The molecule has 1 amide bonds. The average molecular weight is 292 g/mol. The summed E-state index contributed by atoms with van der Waals surface area (Å²) in [4.78, 5) is 14.2. The average Bonchev–Trinajstić information content (AvgIpc) is 2.85. The van der Waals surface area contributed by atoms with Gasteiger partial charge >= 0.3 is 0 Å². The van der Waals surface area contributed by atoms with Crippen LogP contribution in [0.4, 0.5) is 0 Å². The summed E-state index contributed by atoms with van der Waals surface area (Å²) in [5.41, 5.74) is 0.667.